The Hall–Kier alpha value is -0.850. The number of nitrogens with zero attached hydrogens (tertiary/aromatic N) is 1. The van der Waals surface area contributed by atoms with Gasteiger partial charge in [-0.2, -0.15) is 0 Å². The number of hydrogen-bond donors (Lipinski definition) is 0. The van der Waals surface area contributed by atoms with Gasteiger partial charge in [-0.1, -0.05) is 0 Å². The molecular weight excluding hydrogens is 324 g/mol. The molecule has 2 rings (SSSR count). The molecule has 0 aliphatic carbocycles. The molecule has 5 heteroatoms. The Balaban J connectivity index is 2.22. The van der Waals surface area contributed by atoms with Crippen molar-refractivity contribution in [3.05, 3.63) is 27.6 Å². The number of ether oxygens (including phenoxy) is 1. The van der Waals surface area contributed by atoms with Gasteiger partial charge in [-0.25, -0.2) is 9.18 Å². The van der Waals surface area contributed by atoms with Gasteiger partial charge in [0.2, 0.25) is 0 Å². The molecule has 86 valence electrons. The summed E-state index contributed by atoms with van der Waals surface area (Å²) in [4.78, 5) is 13.4. The van der Waals surface area contributed by atoms with Crippen LogP contribution in [0.4, 0.5) is 10.1 Å². The van der Waals surface area contributed by atoms with Crippen LogP contribution in [0.2, 0.25) is 0 Å². The number of benzene rings is 1. The zero-order chi connectivity index (χ0) is 11.7. The summed E-state index contributed by atoms with van der Waals surface area (Å²) in [5.41, 5.74) is 0.892. The maximum Gasteiger partial charge on any atom is 0.328 e. The zero-order valence-corrected chi connectivity index (χ0v) is 10.9. The summed E-state index contributed by atoms with van der Waals surface area (Å²) in [5.74, 6) is -0.491. The number of halogens is 2. The van der Waals surface area contributed by atoms with Crippen molar-refractivity contribution in [3.63, 3.8) is 0 Å². The number of anilines is 1. The molecule has 0 saturated carbocycles. The third-order valence-corrected chi connectivity index (χ3v) is 3.58. The fourth-order valence-electron chi connectivity index (χ4n) is 1.77. The number of carbonyl (C=O) groups is 1. The maximum absolute atomic E-state index is 12.9. The molecule has 1 aliphatic rings. The summed E-state index contributed by atoms with van der Waals surface area (Å²) < 4.78 is 18.5. The average molecular weight is 335 g/mol. The Kier molecular flexibility index (Phi) is 3.32. The average Bonchev–Trinajstić information content (AvgIpc) is 2.20. The summed E-state index contributed by atoms with van der Waals surface area (Å²) in [6.45, 7) is 0.807. The normalized spacial score (nSPS) is 19.2. The van der Waals surface area contributed by atoms with Crippen LogP contribution in [0.3, 0.4) is 0 Å². The van der Waals surface area contributed by atoms with E-state index in [1.165, 1.54) is 19.2 Å². The summed E-state index contributed by atoms with van der Waals surface area (Å²) in [6.07, 6.45) is 0.792. The maximum atomic E-state index is 12.9. The van der Waals surface area contributed by atoms with E-state index in [1.54, 1.807) is 6.07 Å². The van der Waals surface area contributed by atoms with Gasteiger partial charge in [0.25, 0.3) is 0 Å². The molecule has 1 unspecified atom stereocenters. The van der Waals surface area contributed by atoms with Crippen LogP contribution in [-0.4, -0.2) is 25.7 Å². The Labute approximate surface area is 107 Å². The van der Waals surface area contributed by atoms with Gasteiger partial charge in [-0.15, -0.1) is 0 Å². The molecule has 0 amide bonds. The van der Waals surface area contributed by atoms with Crippen LogP contribution in [-0.2, 0) is 9.53 Å². The molecule has 0 aromatic heterocycles. The highest BCUT2D eigenvalue weighted by molar-refractivity contribution is 14.1. The molecule has 3 nitrogen and oxygen atoms in total. The van der Waals surface area contributed by atoms with E-state index in [-0.39, 0.29) is 17.8 Å². The molecule has 1 aromatic carbocycles. The van der Waals surface area contributed by atoms with Crippen LogP contribution in [0.1, 0.15) is 6.42 Å². The minimum Gasteiger partial charge on any atom is -0.467 e. The lowest BCUT2D eigenvalue weighted by atomic mass is 10.0. The van der Waals surface area contributed by atoms with Gasteiger partial charge < -0.3 is 9.64 Å². The van der Waals surface area contributed by atoms with Gasteiger partial charge in [-0.05, 0) is 47.2 Å². The molecule has 0 bridgehead atoms. The van der Waals surface area contributed by atoms with E-state index in [9.17, 15) is 9.18 Å². The van der Waals surface area contributed by atoms with E-state index >= 15 is 0 Å². The Morgan fingerprint density at radius 1 is 1.62 bits per heavy atom. The molecule has 1 aromatic rings. The van der Waals surface area contributed by atoms with E-state index < -0.39 is 0 Å². The minimum atomic E-state index is -0.261. The standard InChI is InChI=1S/C11H11FINO2/c1-16-11(15)10-4-5-14(10)9-3-2-7(12)6-8(9)13/h2-3,6,10H,4-5H2,1H3. The second-order valence-electron chi connectivity index (χ2n) is 3.62. The smallest absolute Gasteiger partial charge is 0.328 e. The molecule has 1 atom stereocenters. The summed E-state index contributed by atoms with van der Waals surface area (Å²) >= 11 is 2.07. The van der Waals surface area contributed by atoms with Crippen LogP contribution in [0.15, 0.2) is 18.2 Å². The summed E-state index contributed by atoms with van der Waals surface area (Å²) in [5, 5.41) is 0. The molecule has 0 spiro atoms. The van der Waals surface area contributed by atoms with Gasteiger partial charge in [0.1, 0.15) is 11.9 Å². The third-order valence-electron chi connectivity index (χ3n) is 2.71. The van der Waals surface area contributed by atoms with Gasteiger partial charge in [0.05, 0.1) is 12.8 Å². The minimum absolute atomic E-state index is 0.219. The number of rotatable bonds is 2. The van der Waals surface area contributed by atoms with Gasteiger partial charge >= 0.3 is 5.97 Å². The third kappa shape index (κ3) is 2.00. The lowest BCUT2D eigenvalue weighted by Crippen LogP contribution is -2.53. The predicted molar refractivity (Wildman–Crippen MR) is 66.9 cm³/mol. The highest BCUT2D eigenvalue weighted by Crippen LogP contribution is 2.31. The fourth-order valence-corrected chi connectivity index (χ4v) is 2.56. The highest BCUT2D eigenvalue weighted by atomic mass is 127. The second kappa shape index (κ2) is 4.57. The van der Waals surface area contributed by atoms with Crippen molar-refractivity contribution >= 4 is 34.2 Å². The van der Waals surface area contributed by atoms with Crippen molar-refractivity contribution in [1.82, 2.24) is 0 Å². The van der Waals surface area contributed by atoms with Gasteiger partial charge in [-0.3, -0.25) is 0 Å². The van der Waals surface area contributed by atoms with E-state index in [4.69, 9.17) is 4.74 Å². The zero-order valence-electron chi connectivity index (χ0n) is 8.74. The molecule has 1 heterocycles. The van der Waals surface area contributed by atoms with E-state index in [0.29, 0.717) is 0 Å². The number of methoxy groups -OCH3 is 1. The Morgan fingerprint density at radius 2 is 2.38 bits per heavy atom. The molecule has 1 fully saturated rings. The van der Waals surface area contributed by atoms with Crippen LogP contribution in [0.5, 0.6) is 0 Å². The van der Waals surface area contributed by atoms with Gasteiger partial charge in [0.15, 0.2) is 0 Å². The molecule has 1 saturated heterocycles. The fraction of sp³-hybridized carbons (Fsp3) is 0.364. The summed E-state index contributed by atoms with van der Waals surface area (Å²) in [7, 11) is 1.38. The lowest BCUT2D eigenvalue weighted by molar-refractivity contribution is -0.143. The monoisotopic (exact) mass is 335 g/mol. The first-order chi connectivity index (χ1) is 7.63. The topological polar surface area (TPSA) is 29.5 Å². The Morgan fingerprint density at radius 3 is 2.88 bits per heavy atom. The van der Waals surface area contributed by atoms with Crippen LogP contribution in [0, 0.1) is 9.39 Å². The number of hydrogen-bond acceptors (Lipinski definition) is 3. The van der Waals surface area contributed by atoms with E-state index in [0.717, 1.165) is 22.2 Å². The molecular formula is C11H11FINO2. The van der Waals surface area contributed by atoms with E-state index in [1.807, 2.05) is 4.90 Å². The molecule has 0 radical (unpaired) electrons. The van der Waals surface area contributed by atoms with Crippen molar-refractivity contribution in [2.24, 2.45) is 0 Å². The van der Waals surface area contributed by atoms with Crippen molar-refractivity contribution < 1.29 is 13.9 Å². The largest absolute Gasteiger partial charge is 0.467 e. The quantitative estimate of drug-likeness (QED) is 0.613. The van der Waals surface area contributed by atoms with Gasteiger partial charge in [0, 0.05) is 10.1 Å². The van der Waals surface area contributed by atoms with Crippen LogP contribution in [0.25, 0.3) is 0 Å². The lowest BCUT2D eigenvalue weighted by Gasteiger charge is -2.41. The van der Waals surface area contributed by atoms with Crippen molar-refractivity contribution in [1.29, 1.82) is 0 Å². The first-order valence-corrected chi connectivity index (χ1v) is 6.01. The highest BCUT2D eigenvalue weighted by Gasteiger charge is 2.35. The number of esters is 1. The van der Waals surface area contributed by atoms with Crippen molar-refractivity contribution in [2.75, 3.05) is 18.6 Å². The number of carbonyl (C=O) groups excluding carboxylic acids is 1. The van der Waals surface area contributed by atoms with E-state index in [2.05, 4.69) is 22.6 Å². The SMILES string of the molecule is COC(=O)C1CCN1c1ccc(F)cc1I. The van der Waals surface area contributed by atoms with Crippen molar-refractivity contribution in [2.45, 2.75) is 12.5 Å². The molecule has 1 aliphatic heterocycles. The molecule has 0 N–H and O–H groups in total. The second-order valence-corrected chi connectivity index (χ2v) is 4.78. The Bertz CT molecular complexity index is 424. The van der Waals surface area contributed by atoms with Crippen molar-refractivity contribution in [3.8, 4) is 0 Å². The van der Waals surface area contributed by atoms with Crippen LogP contribution < -0.4 is 4.90 Å². The van der Waals surface area contributed by atoms with Crippen LogP contribution >= 0.6 is 22.6 Å². The predicted octanol–water partition coefficient (Wildman–Crippen LogP) is 2.18. The first-order valence-electron chi connectivity index (χ1n) is 4.93. The molecule has 16 heavy (non-hydrogen) atoms. The summed E-state index contributed by atoms with van der Waals surface area (Å²) in [6, 6.07) is 4.35. The first kappa shape index (κ1) is 11.6.